The number of hydrogen-bond acceptors (Lipinski definition) is 3. The number of nitrogens with two attached hydrogens (primary N) is 1. The Kier molecular flexibility index (Phi) is 5.80. The van der Waals surface area contributed by atoms with Crippen LogP contribution >= 0.6 is 12.4 Å². The first kappa shape index (κ1) is 18.2. The van der Waals surface area contributed by atoms with E-state index in [9.17, 15) is 9.18 Å². The molecule has 1 fully saturated rings. The van der Waals surface area contributed by atoms with E-state index in [1.807, 2.05) is 0 Å². The molecule has 0 unspecified atom stereocenters. The van der Waals surface area contributed by atoms with Gasteiger partial charge in [-0.05, 0) is 49.2 Å². The Morgan fingerprint density at radius 2 is 1.75 bits per heavy atom. The smallest absolute Gasteiger partial charge is 0.244 e. The minimum Gasteiger partial charge on any atom is -0.457 e. The minimum absolute atomic E-state index is 0. The fourth-order valence-corrected chi connectivity index (χ4v) is 2.76. The number of carbonyl (C=O) groups is 1. The second kappa shape index (κ2) is 7.64. The molecule has 0 spiro atoms. The lowest BCUT2D eigenvalue weighted by atomic mass is 9.98. The monoisotopic (exact) mass is 350 g/mol. The van der Waals surface area contributed by atoms with Crippen molar-refractivity contribution in [1.29, 1.82) is 0 Å². The second-order valence-electron chi connectivity index (χ2n) is 5.90. The SMILES string of the molecule is Cl.NC1(C(=O)Nc2ccc(Oc3cccc(F)c3)cc2)CCCC1. The summed E-state index contributed by atoms with van der Waals surface area (Å²) in [5, 5.41) is 2.85. The van der Waals surface area contributed by atoms with E-state index < -0.39 is 5.54 Å². The van der Waals surface area contributed by atoms with E-state index in [2.05, 4.69) is 5.32 Å². The number of rotatable bonds is 4. The molecule has 2 aromatic carbocycles. The number of halogens is 2. The number of benzene rings is 2. The lowest BCUT2D eigenvalue weighted by molar-refractivity contribution is -0.121. The van der Waals surface area contributed by atoms with E-state index in [0.29, 0.717) is 17.2 Å². The summed E-state index contributed by atoms with van der Waals surface area (Å²) in [6.07, 6.45) is 3.42. The van der Waals surface area contributed by atoms with Gasteiger partial charge in [-0.25, -0.2) is 4.39 Å². The van der Waals surface area contributed by atoms with E-state index in [1.165, 1.54) is 12.1 Å². The summed E-state index contributed by atoms with van der Waals surface area (Å²) in [6.45, 7) is 0. The molecule has 3 rings (SSSR count). The van der Waals surface area contributed by atoms with Gasteiger partial charge in [-0.15, -0.1) is 12.4 Å². The molecule has 0 atom stereocenters. The average molecular weight is 351 g/mol. The standard InChI is InChI=1S/C18H19FN2O2.ClH/c19-13-4-3-5-16(12-13)23-15-8-6-14(7-9-15)21-17(22)18(20)10-1-2-11-18;/h3-9,12H,1-2,10-11,20H2,(H,21,22);1H. The van der Waals surface area contributed by atoms with Gasteiger partial charge in [-0.2, -0.15) is 0 Å². The first-order valence-electron chi connectivity index (χ1n) is 7.69. The van der Waals surface area contributed by atoms with Gasteiger partial charge in [0, 0.05) is 11.8 Å². The molecular weight excluding hydrogens is 331 g/mol. The Bertz CT molecular complexity index is 700. The van der Waals surface area contributed by atoms with Crippen LogP contribution in [0, 0.1) is 5.82 Å². The molecule has 0 aliphatic heterocycles. The van der Waals surface area contributed by atoms with Gasteiger partial charge in [-0.3, -0.25) is 4.79 Å². The van der Waals surface area contributed by atoms with E-state index in [0.717, 1.165) is 25.7 Å². The zero-order valence-electron chi connectivity index (χ0n) is 13.1. The Morgan fingerprint density at radius 1 is 1.08 bits per heavy atom. The summed E-state index contributed by atoms with van der Waals surface area (Å²) < 4.78 is 18.7. The normalized spacial score (nSPS) is 15.4. The van der Waals surface area contributed by atoms with Gasteiger partial charge < -0.3 is 15.8 Å². The van der Waals surface area contributed by atoms with Crippen molar-refractivity contribution in [3.8, 4) is 11.5 Å². The Morgan fingerprint density at radius 3 is 2.38 bits per heavy atom. The van der Waals surface area contributed by atoms with Crippen LogP contribution < -0.4 is 15.8 Å². The fourth-order valence-electron chi connectivity index (χ4n) is 2.76. The lowest BCUT2D eigenvalue weighted by Crippen LogP contribution is -2.48. The second-order valence-corrected chi connectivity index (χ2v) is 5.90. The number of ether oxygens (including phenoxy) is 1. The van der Waals surface area contributed by atoms with Crippen molar-refractivity contribution < 1.29 is 13.9 Å². The molecule has 128 valence electrons. The topological polar surface area (TPSA) is 64.4 Å². The highest BCUT2D eigenvalue weighted by Gasteiger charge is 2.36. The van der Waals surface area contributed by atoms with Crippen molar-refractivity contribution in [2.24, 2.45) is 5.73 Å². The summed E-state index contributed by atoms with van der Waals surface area (Å²) in [5.41, 5.74) is 6.04. The molecule has 3 N–H and O–H groups in total. The molecule has 1 aliphatic carbocycles. The third-order valence-corrected chi connectivity index (χ3v) is 4.09. The molecule has 1 aliphatic rings. The predicted octanol–water partition coefficient (Wildman–Crippen LogP) is 4.25. The maximum atomic E-state index is 13.1. The van der Waals surface area contributed by atoms with Gasteiger partial charge >= 0.3 is 0 Å². The Labute approximate surface area is 146 Å². The summed E-state index contributed by atoms with van der Waals surface area (Å²) in [6, 6.07) is 12.9. The van der Waals surface area contributed by atoms with Crippen molar-refractivity contribution in [2.45, 2.75) is 31.2 Å². The van der Waals surface area contributed by atoms with E-state index in [4.69, 9.17) is 10.5 Å². The molecule has 6 heteroatoms. The zero-order valence-corrected chi connectivity index (χ0v) is 13.9. The van der Waals surface area contributed by atoms with Crippen LogP contribution in [-0.2, 0) is 4.79 Å². The molecule has 0 bridgehead atoms. The Balaban J connectivity index is 0.00000208. The van der Waals surface area contributed by atoms with Gasteiger partial charge in [0.05, 0.1) is 5.54 Å². The van der Waals surface area contributed by atoms with Gasteiger partial charge in [0.2, 0.25) is 5.91 Å². The van der Waals surface area contributed by atoms with Crippen LogP contribution in [-0.4, -0.2) is 11.4 Å². The maximum absolute atomic E-state index is 13.1. The third-order valence-electron chi connectivity index (χ3n) is 4.09. The predicted molar refractivity (Wildman–Crippen MR) is 94.2 cm³/mol. The van der Waals surface area contributed by atoms with Crippen molar-refractivity contribution in [1.82, 2.24) is 0 Å². The van der Waals surface area contributed by atoms with Crippen LogP contribution in [0.3, 0.4) is 0 Å². The number of carbonyl (C=O) groups excluding carboxylic acids is 1. The molecule has 1 amide bonds. The molecule has 1 saturated carbocycles. The number of nitrogens with one attached hydrogen (secondary N) is 1. The van der Waals surface area contributed by atoms with Gasteiger partial charge in [0.15, 0.2) is 0 Å². The number of hydrogen-bond donors (Lipinski definition) is 2. The molecule has 24 heavy (non-hydrogen) atoms. The minimum atomic E-state index is -0.753. The van der Waals surface area contributed by atoms with Crippen molar-refractivity contribution >= 4 is 24.0 Å². The first-order chi connectivity index (χ1) is 11.0. The highest BCUT2D eigenvalue weighted by Crippen LogP contribution is 2.29. The van der Waals surface area contributed by atoms with Gasteiger partial charge in [-0.1, -0.05) is 18.9 Å². The summed E-state index contributed by atoms with van der Waals surface area (Å²) >= 11 is 0. The average Bonchev–Trinajstić information content (AvgIpc) is 2.97. The molecule has 2 aromatic rings. The lowest BCUT2D eigenvalue weighted by Gasteiger charge is -2.22. The van der Waals surface area contributed by atoms with Gasteiger partial charge in [0.1, 0.15) is 17.3 Å². The zero-order chi connectivity index (χ0) is 16.3. The van der Waals surface area contributed by atoms with Crippen molar-refractivity contribution in [2.75, 3.05) is 5.32 Å². The van der Waals surface area contributed by atoms with Crippen LogP contribution in [0.1, 0.15) is 25.7 Å². The number of anilines is 1. The Hall–Kier alpha value is -2.11. The molecule has 0 saturated heterocycles. The molecule has 0 heterocycles. The van der Waals surface area contributed by atoms with Crippen LogP contribution in [0.4, 0.5) is 10.1 Å². The third kappa shape index (κ3) is 4.24. The summed E-state index contributed by atoms with van der Waals surface area (Å²) in [4.78, 5) is 12.2. The summed E-state index contributed by atoms with van der Waals surface area (Å²) in [7, 11) is 0. The molecule has 4 nitrogen and oxygen atoms in total. The van der Waals surface area contributed by atoms with Crippen molar-refractivity contribution in [3.63, 3.8) is 0 Å². The van der Waals surface area contributed by atoms with E-state index in [-0.39, 0.29) is 24.1 Å². The quantitative estimate of drug-likeness (QED) is 0.866. The van der Waals surface area contributed by atoms with Crippen LogP contribution in [0.5, 0.6) is 11.5 Å². The highest BCUT2D eigenvalue weighted by atomic mass is 35.5. The largest absolute Gasteiger partial charge is 0.457 e. The molecular formula is C18H20ClFN2O2. The fraction of sp³-hybridized carbons (Fsp3) is 0.278. The number of amides is 1. The molecule has 0 radical (unpaired) electrons. The van der Waals surface area contributed by atoms with E-state index >= 15 is 0 Å². The maximum Gasteiger partial charge on any atom is 0.244 e. The first-order valence-corrected chi connectivity index (χ1v) is 7.69. The molecule has 0 aromatic heterocycles. The van der Waals surface area contributed by atoms with Crippen LogP contribution in [0.2, 0.25) is 0 Å². The van der Waals surface area contributed by atoms with E-state index in [1.54, 1.807) is 36.4 Å². The van der Waals surface area contributed by atoms with Gasteiger partial charge in [0.25, 0.3) is 0 Å². The summed E-state index contributed by atoms with van der Waals surface area (Å²) in [5.74, 6) is 0.496. The highest BCUT2D eigenvalue weighted by molar-refractivity contribution is 5.98. The van der Waals surface area contributed by atoms with Crippen LogP contribution in [0.15, 0.2) is 48.5 Å². The van der Waals surface area contributed by atoms with Crippen molar-refractivity contribution in [3.05, 3.63) is 54.3 Å². The van der Waals surface area contributed by atoms with Crippen LogP contribution in [0.25, 0.3) is 0 Å².